The molecule has 1 aromatic rings. The van der Waals surface area contributed by atoms with E-state index in [1.807, 2.05) is 0 Å². The van der Waals surface area contributed by atoms with Gasteiger partial charge in [-0.3, -0.25) is 0 Å². The molecule has 92 valence electrons. The molecule has 0 amide bonds. The third-order valence-electron chi connectivity index (χ3n) is 3.88. The monoisotopic (exact) mass is 252 g/mol. The molecule has 17 heavy (non-hydrogen) atoms. The van der Waals surface area contributed by atoms with Crippen molar-refractivity contribution < 1.29 is 0 Å². The van der Waals surface area contributed by atoms with Crippen LogP contribution in [0.15, 0.2) is 12.4 Å². The molecule has 2 aliphatic rings. The van der Waals surface area contributed by atoms with Crippen molar-refractivity contribution >= 4 is 17.5 Å². The molecule has 4 nitrogen and oxygen atoms in total. The maximum Gasteiger partial charge on any atom is 0.225 e. The van der Waals surface area contributed by atoms with E-state index in [9.17, 15) is 0 Å². The van der Waals surface area contributed by atoms with Crippen LogP contribution in [0.4, 0.5) is 5.95 Å². The van der Waals surface area contributed by atoms with Crippen LogP contribution in [0.1, 0.15) is 19.3 Å². The Morgan fingerprint density at radius 3 is 2.82 bits per heavy atom. The fourth-order valence-corrected chi connectivity index (χ4v) is 3.09. The third-order valence-corrected chi connectivity index (χ3v) is 4.08. The predicted molar refractivity (Wildman–Crippen MR) is 68.4 cm³/mol. The quantitative estimate of drug-likeness (QED) is 0.826. The van der Waals surface area contributed by atoms with E-state index < -0.39 is 0 Å². The van der Waals surface area contributed by atoms with Gasteiger partial charge in [0.25, 0.3) is 0 Å². The first-order valence-electron chi connectivity index (χ1n) is 6.21. The number of piperidine rings is 1. The average molecular weight is 253 g/mol. The molecular weight excluding hydrogens is 236 g/mol. The number of halogens is 1. The van der Waals surface area contributed by atoms with E-state index in [0.717, 1.165) is 32.1 Å². The van der Waals surface area contributed by atoms with Crippen molar-refractivity contribution in [2.75, 3.05) is 31.1 Å². The molecule has 0 saturated carbocycles. The normalized spacial score (nSPS) is 28.9. The fourth-order valence-electron chi connectivity index (χ4n) is 2.99. The van der Waals surface area contributed by atoms with Gasteiger partial charge in [0.05, 0.1) is 17.4 Å². The van der Waals surface area contributed by atoms with Crippen LogP contribution in [0, 0.1) is 5.41 Å². The topological polar surface area (TPSA) is 41.1 Å². The zero-order valence-electron chi connectivity index (χ0n) is 9.82. The van der Waals surface area contributed by atoms with Crippen LogP contribution < -0.4 is 10.2 Å². The Hall–Kier alpha value is -0.870. The molecule has 1 N–H and O–H groups in total. The van der Waals surface area contributed by atoms with Gasteiger partial charge in [-0.1, -0.05) is 11.6 Å². The van der Waals surface area contributed by atoms with Crippen LogP contribution in [-0.4, -0.2) is 36.1 Å². The number of rotatable bonds is 1. The molecule has 1 aromatic heterocycles. The molecule has 1 spiro atoms. The van der Waals surface area contributed by atoms with Crippen LogP contribution in [0.25, 0.3) is 0 Å². The van der Waals surface area contributed by atoms with Gasteiger partial charge in [-0.25, -0.2) is 9.97 Å². The van der Waals surface area contributed by atoms with E-state index in [2.05, 4.69) is 20.2 Å². The van der Waals surface area contributed by atoms with Gasteiger partial charge in [-0.2, -0.15) is 0 Å². The largest absolute Gasteiger partial charge is 0.340 e. The minimum atomic E-state index is 0.446. The van der Waals surface area contributed by atoms with E-state index in [1.54, 1.807) is 12.4 Å². The summed E-state index contributed by atoms with van der Waals surface area (Å²) in [6.45, 7) is 4.41. The number of hydrogen-bond acceptors (Lipinski definition) is 4. The highest BCUT2D eigenvalue weighted by molar-refractivity contribution is 6.30. The first-order valence-corrected chi connectivity index (χ1v) is 6.59. The van der Waals surface area contributed by atoms with Gasteiger partial charge in [-0.15, -0.1) is 0 Å². The molecule has 3 rings (SSSR count). The number of aromatic nitrogens is 2. The predicted octanol–water partition coefficient (Wildman–Crippen LogP) is 1.71. The molecule has 5 heteroatoms. The molecule has 2 fully saturated rings. The van der Waals surface area contributed by atoms with E-state index in [0.29, 0.717) is 10.4 Å². The summed E-state index contributed by atoms with van der Waals surface area (Å²) in [4.78, 5) is 10.9. The highest BCUT2D eigenvalue weighted by Crippen LogP contribution is 2.36. The Labute approximate surface area is 106 Å². The maximum atomic E-state index is 5.82. The van der Waals surface area contributed by atoms with E-state index in [-0.39, 0.29) is 0 Å². The van der Waals surface area contributed by atoms with Crippen molar-refractivity contribution in [1.82, 2.24) is 15.3 Å². The molecule has 2 aliphatic heterocycles. The van der Waals surface area contributed by atoms with Gasteiger partial charge in [0, 0.05) is 25.0 Å². The van der Waals surface area contributed by atoms with Crippen molar-refractivity contribution in [2.24, 2.45) is 5.41 Å². The van der Waals surface area contributed by atoms with Crippen LogP contribution in [-0.2, 0) is 0 Å². The summed E-state index contributed by atoms with van der Waals surface area (Å²) in [6, 6.07) is 0. The molecule has 1 atom stereocenters. The lowest BCUT2D eigenvalue weighted by atomic mass is 9.79. The number of hydrogen-bond donors (Lipinski definition) is 1. The van der Waals surface area contributed by atoms with Gasteiger partial charge in [0.1, 0.15) is 0 Å². The Balaban J connectivity index is 1.77. The van der Waals surface area contributed by atoms with E-state index in [1.165, 1.54) is 19.3 Å². The summed E-state index contributed by atoms with van der Waals surface area (Å²) in [5.74, 6) is 0.820. The lowest BCUT2D eigenvalue weighted by Crippen LogP contribution is -2.45. The maximum absolute atomic E-state index is 5.82. The lowest BCUT2D eigenvalue weighted by Gasteiger charge is -2.39. The molecular formula is C12H17ClN4. The highest BCUT2D eigenvalue weighted by atomic mass is 35.5. The molecule has 3 heterocycles. The van der Waals surface area contributed by atoms with Gasteiger partial charge < -0.3 is 10.2 Å². The number of anilines is 1. The molecule has 2 saturated heterocycles. The zero-order valence-corrected chi connectivity index (χ0v) is 10.6. The molecule has 0 aliphatic carbocycles. The second-order valence-electron chi connectivity index (χ2n) is 5.15. The third kappa shape index (κ3) is 2.24. The second kappa shape index (κ2) is 4.42. The fraction of sp³-hybridized carbons (Fsp3) is 0.667. The van der Waals surface area contributed by atoms with E-state index in [4.69, 9.17) is 11.6 Å². The smallest absolute Gasteiger partial charge is 0.225 e. The van der Waals surface area contributed by atoms with Crippen molar-refractivity contribution in [3.8, 4) is 0 Å². The number of nitrogens with one attached hydrogen (secondary N) is 1. The molecule has 0 unspecified atom stereocenters. The summed E-state index contributed by atoms with van der Waals surface area (Å²) in [7, 11) is 0. The van der Waals surface area contributed by atoms with Gasteiger partial charge in [-0.05, 0) is 25.8 Å². The summed E-state index contributed by atoms with van der Waals surface area (Å²) < 4.78 is 0. The van der Waals surface area contributed by atoms with Crippen molar-refractivity contribution in [3.05, 3.63) is 17.4 Å². The highest BCUT2D eigenvalue weighted by Gasteiger charge is 2.38. The van der Waals surface area contributed by atoms with Gasteiger partial charge in [0.15, 0.2) is 0 Å². The summed E-state index contributed by atoms with van der Waals surface area (Å²) >= 11 is 5.82. The van der Waals surface area contributed by atoms with Crippen LogP contribution in [0.5, 0.6) is 0 Å². The summed E-state index contributed by atoms with van der Waals surface area (Å²) in [6.07, 6.45) is 7.19. The van der Waals surface area contributed by atoms with Crippen molar-refractivity contribution in [1.29, 1.82) is 0 Å². The van der Waals surface area contributed by atoms with Gasteiger partial charge >= 0.3 is 0 Å². The number of nitrogens with zero attached hydrogens (tertiary/aromatic N) is 3. The minimum Gasteiger partial charge on any atom is -0.340 e. The Bertz CT molecular complexity index is 386. The molecule has 0 aromatic carbocycles. The van der Waals surface area contributed by atoms with Crippen LogP contribution >= 0.6 is 11.6 Å². The standard InChI is InChI=1S/C12H17ClN4/c13-10-6-15-11(16-7-10)17-5-1-2-12(9-17)3-4-14-8-12/h6-7,14H,1-5,8-9H2/t12-/m1/s1. The first kappa shape index (κ1) is 11.2. The summed E-state index contributed by atoms with van der Waals surface area (Å²) in [5.41, 5.74) is 0.446. The van der Waals surface area contributed by atoms with Gasteiger partial charge in [0.2, 0.25) is 5.95 Å². The molecule has 0 radical (unpaired) electrons. The Morgan fingerprint density at radius 1 is 1.29 bits per heavy atom. The minimum absolute atomic E-state index is 0.446. The first-order chi connectivity index (χ1) is 8.27. The SMILES string of the molecule is Clc1cnc(N2CCC[C@]3(CCNC3)C2)nc1. The summed E-state index contributed by atoms with van der Waals surface area (Å²) in [5, 5.41) is 4.08. The zero-order chi connectivity index (χ0) is 11.7. The Morgan fingerprint density at radius 2 is 2.12 bits per heavy atom. The lowest BCUT2D eigenvalue weighted by molar-refractivity contribution is 0.259. The molecule has 0 bridgehead atoms. The average Bonchev–Trinajstić information content (AvgIpc) is 2.78. The van der Waals surface area contributed by atoms with Crippen molar-refractivity contribution in [3.63, 3.8) is 0 Å². The van der Waals surface area contributed by atoms with Crippen LogP contribution in [0.2, 0.25) is 5.02 Å². The van der Waals surface area contributed by atoms with Crippen molar-refractivity contribution in [2.45, 2.75) is 19.3 Å². The van der Waals surface area contributed by atoms with Crippen LogP contribution in [0.3, 0.4) is 0 Å². The second-order valence-corrected chi connectivity index (χ2v) is 5.59. The van der Waals surface area contributed by atoms with E-state index >= 15 is 0 Å². The Kier molecular flexibility index (Phi) is 2.92.